The average molecular weight is 439 g/mol. The van der Waals surface area contributed by atoms with Gasteiger partial charge in [0.15, 0.2) is 5.76 Å². The zero-order valence-electron chi connectivity index (χ0n) is 16.1. The highest BCUT2D eigenvalue weighted by Crippen LogP contribution is 2.46. The molecule has 9 heteroatoms. The van der Waals surface area contributed by atoms with Gasteiger partial charge in [-0.3, -0.25) is 0 Å². The van der Waals surface area contributed by atoms with Crippen LogP contribution in [0.15, 0.2) is 28.8 Å². The first-order valence-corrected chi connectivity index (χ1v) is 10.6. The molecule has 3 fully saturated rings. The molecule has 160 valence electrons. The summed E-state index contributed by atoms with van der Waals surface area (Å²) in [5, 5.41) is 7.55. The average Bonchev–Trinajstić information content (AvgIpc) is 3.34. The van der Waals surface area contributed by atoms with Crippen molar-refractivity contribution >= 4 is 17.6 Å². The van der Waals surface area contributed by atoms with E-state index in [-0.39, 0.29) is 34.6 Å². The summed E-state index contributed by atoms with van der Waals surface area (Å²) < 4.78 is 42.5. The van der Waals surface area contributed by atoms with Crippen LogP contribution in [0.5, 0.6) is 5.75 Å². The minimum absolute atomic E-state index is 0.0838. The number of carbonyl (C=O) groups excluding carboxylic acids is 1. The number of carbonyl (C=O) groups is 1. The molecule has 1 saturated carbocycles. The van der Waals surface area contributed by atoms with Crippen LogP contribution in [0.1, 0.15) is 60.6 Å². The van der Waals surface area contributed by atoms with Crippen LogP contribution in [0.25, 0.3) is 11.3 Å². The van der Waals surface area contributed by atoms with Crippen molar-refractivity contribution in [1.29, 1.82) is 0 Å². The van der Waals surface area contributed by atoms with Crippen LogP contribution in [0, 0.1) is 0 Å². The van der Waals surface area contributed by atoms with Crippen molar-refractivity contribution < 1.29 is 27.6 Å². The number of hydrogen-bond acceptors (Lipinski definition) is 6. The van der Waals surface area contributed by atoms with Crippen LogP contribution < -0.4 is 10.1 Å². The number of nitrogens with zero attached hydrogens (tertiary/aromatic N) is 1. The third-order valence-corrected chi connectivity index (χ3v) is 6.02. The molecule has 2 bridgehead atoms. The Kier molecular flexibility index (Phi) is 4.94. The maximum Gasteiger partial charge on any atom is 0.487 e. The lowest BCUT2D eigenvalue weighted by molar-refractivity contribution is -0.0961. The highest BCUT2D eigenvalue weighted by molar-refractivity contribution is 6.20. The van der Waals surface area contributed by atoms with E-state index >= 15 is 0 Å². The first-order valence-electron chi connectivity index (χ1n) is 10.2. The normalized spacial score (nSPS) is 25.9. The second-order valence-electron chi connectivity index (χ2n) is 8.23. The van der Waals surface area contributed by atoms with Crippen LogP contribution in [-0.4, -0.2) is 34.9 Å². The predicted octanol–water partition coefficient (Wildman–Crippen LogP) is 4.83. The molecule has 2 saturated heterocycles. The van der Waals surface area contributed by atoms with Gasteiger partial charge in [-0.15, -0.1) is 8.78 Å². The van der Waals surface area contributed by atoms with Crippen LogP contribution in [0.2, 0.25) is 0 Å². The number of ether oxygens (including phenoxy) is 2. The summed E-state index contributed by atoms with van der Waals surface area (Å²) in [4.78, 5) is 13.2. The Bertz CT molecular complexity index is 945. The number of hydrogen-bond donors (Lipinski definition) is 1. The second-order valence-corrected chi connectivity index (χ2v) is 8.67. The number of rotatable bonds is 6. The van der Waals surface area contributed by atoms with E-state index in [0.717, 1.165) is 38.5 Å². The molecular weight excluding hydrogens is 418 g/mol. The Balaban J connectivity index is 1.47. The maximum atomic E-state index is 13.3. The molecule has 1 N–H and O–H groups in total. The molecule has 1 aromatic carbocycles. The monoisotopic (exact) mass is 438 g/mol. The Morgan fingerprint density at radius 3 is 2.53 bits per heavy atom. The number of aromatic nitrogens is 1. The van der Waals surface area contributed by atoms with E-state index in [4.69, 9.17) is 20.9 Å². The van der Waals surface area contributed by atoms with E-state index in [9.17, 15) is 13.6 Å². The smallest absolute Gasteiger partial charge is 0.459 e. The van der Waals surface area contributed by atoms with Crippen LogP contribution >= 0.6 is 11.6 Å². The number of esters is 1. The van der Waals surface area contributed by atoms with E-state index in [1.165, 1.54) is 18.2 Å². The molecule has 3 heterocycles. The lowest BCUT2D eigenvalue weighted by atomic mass is 10.0. The largest absolute Gasteiger partial charge is 0.487 e. The Hall–Kier alpha value is -2.19. The Morgan fingerprint density at radius 1 is 1.17 bits per heavy atom. The van der Waals surface area contributed by atoms with Gasteiger partial charge in [0.25, 0.3) is 0 Å². The molecule has 30 heavy (non-hydrogen) atoms. The molecule has 6 nitrogen and oxygen atoms in total. The van der Waals surface area contributed by atoms with E-state index < -0.39 is 11.5 Å². The third-order valence-electron chi connectivity index (χ3n) is 5.94. The SMILES string of the molecule is O=C(OC1CC2CCC(C1)N2)c1c(-c2ccccc2OC(F)(F)Cl)noc1C1CC1. The van der Waals surface area contributed by atoms with Crippen molar-refractivity contribution in [2.24, 2.45) is 0 Å². The van der Waals surface area contributed by atoms with Gasteiger partial charge in [0.2, 0.25) is 0 Å². The van der Waals surface area contributed by atoms with Crippen molar-refractivity contribution in [3.05, 3.63) is 35.6 Å². The zero-order chi connectivity index (χ0) is 20.9. The van der Waals surface area contributed by atoms with Crippen molar-refractivity contribution in [2.75, 3.05) is 0 Å². The molecule has 2 aromatic rings. The summed E-state index contributed by atoms with van der Waals surface area (Å²) in [7, 11) is 0. The highest BCUT2D eigenvalue weighted by atomic mass is 35.5. The fourth-order valence-electron chi connectivity index (χ4n) is 4.50. The number of alkyl halides is 3. The molecular formula is C21H21ClF2N2O4. The van der Waals surface area contributed by atoms with E-state index in [2.05, 4.69) is 15.2 Å². The van der Waals surface area contributed by atoms with Crippen molar-refractivity contribution in [2.45, 2.75) is 68.2 Å². The van der Waals surface area contributed by atoms with Gasteiger partial charge in [0.1, 0.15) is 23.1 Å². The summed E-state index contributed by atoms with van der Waals surface area (Å²) in [5.74, 6) is -0.200. The first-order chi connectivity index (χ1) is 14.4. The van der Waals surface area contributed by atoms with Gasteiger partial charge in [-0.05, 0) is 50.7 Å². The van der Waals surface area contributed by atoms with Crippen LogP contribution in [0.3, 0.4) is 0 Å². The minimum atomic E-state index is -3.89. The summed E-state index contributed by atoms with van der Waals surface area (Å²) in [6.07, 6.45) is 5.27. The van der Waals surface area contributed by atoms with E-state index in [1.54, 1.807) is 6.07 Å². The highest BCUT2D eigenvalue weighted by Gasteiger charge is 2.40. The van der Waals surface area contributed by atoms with Crippen molar-refractivity contribution in [3.8, 4) is 17.0 Å². The number of benzene rings is 1. The molecule has 5 rings (SSSR count). The molecule has 2 unspecified atom stereocenters. The number of nitrogens with one attached hydrogen (secondary N) is 1. The van der Waals surface area contributed by atoms with Crippen LogP contribution in [-0.2, 0) is 4.74 Å². The predicted molar refractivity (Wildman–Crippen MR) is 104 cm³/mol. The molecule has 0 spiro atoms. The molecule has 1 aliphatic carbocycles. The molecule has 0 amide bonds. The van der Waals surface area contributed by atoms with Gasteiger partial charge < -0.3 is 19.3 Å². The fourth-order valence-corrected chi connectivity index (χ4v) is 4.58. The number of fused-ring (bicyclic) bond motifs is 2. The van der Waals surface area contributed by atoms with Gasteiger partial charge >= 0.3 is 11.5 Å². The van der Waals surface area contributed by atoms with E-state index in [1.807, 2.05) is 0 Å². The summed E-state index contributed by atoms with van der Waals surface area (Å²) in [6, 6.07) is 6.79. The Labute approximate surface area is 176 Å². The third kappa shape index (κ3) is 4.03. The molecule has 0 radical (unpaired) electrons. The summed E-state index contributed by atoms with van der Waals surface area (Å²) in [5.41, 5.74) is -3.37. The van der Waals surface area contributed by atoms with Crippen molar-refractivity contribution in [3.63, 3.8) is 0 Å². The van der Waals surface area contributed by atoms with Crippen molar-refractivity contribution in [1.82, 2.24) is 10.5 Å². The van der Waals surface area contributed by atoms with Gasteiger partial charge in [-0.1, -0.05) is 17.3 Å². The molecule has 1 aromatic heterocycles. The van der Waals surface area contributed by atoms with Gasteiger partial charge in [-0.2, -0.15) is 0 Å². The van der Waals surface area contributed by atoms with Gasteiger partial charge in [-0.25, -0.2) is 4.79 Å². The number of para-hydroxylation sites is 1. The Morgan fingerprint density at radius 2 is 1.87 bits per heavy atom. The van der Waals surface area contributed by atoms with E-state index in [0.29, 0.717) is 17.8 Å². The summed E-state index contributed by atoms with van der Waals surface area (Å²) >= 11 is 4.96. The summed E-state index contributed by atoms with van der Waals surface area (Å²) in [6.45, 7) is 0. The molecule has 2 atom stereocenters. The lowest BCUT2D eigenvalue weighted by Crippen LogP contribution is -2.42. The number of piperidine rings is 1. The first kappa shape index (κ1) is 19.8. The zero-order valence-corrected chi connectivity index (χ0v) is 16.8. The quantitative estimate of drug-likeness (QED) is 0.514. The van der Waals surface area contributed by atoms with Gasteiger partial charge in [0, 0.05) is 35.2 Å². The van der Waals surface area contributed by atoms with Crippen LogP contribution in [0.4, 0.5) is 8.78 Å². The fraction of sp³-hybridized carbons (Fsp3) is 0.524. The second kappa shape index (κ2) is 7.50. The minimum Gasteiger partial charge on any atom is -0.459 e. The van der Waals surface area contributed by atoms with Gasteiger partial charge in [0.05, 0.1) is 0 Å². The topological polar surface area (TPSA) is 73.6 Å². The number of halogens is 3. The molecule has 2 aliphatic heterocycles. The maximum absolute atomic E-state index is 13.3. The standard InChI is InChI=1S/C21H21ClF2N2O4/c22-21(23,24)29-16-4-2-1-3-15(16)18-17(19(30-26-18)11-5-6-11)20(27)28-14-9-12-7-8-13(10-14)25-12/h1-4,11-14,25H,5-10H2. The molecule has 3 aliphatic rings. The lowest BCUT2D eigenvalue weighted by Gasteiger charge is -2.28.